The fraction of sp³-hybridized carbons (Fsp3) is 0.182. The number of aryl methyl sites for hydroxylation is 2. The van der Waals surface area contributed by atoms with E-state index in [1.54, 1.807) is 36.9 Å². The van der Waals surface area contributed by atoms with Crippen LogP contribution in [-0.4, -0.2) is 24.7 Å². The van der Waals surface area contributed by atoms with Crippen molar-refractivity contribution in [2.45, 2.75) is 13.8 Å². The maximum Gasteiger partial charge on any atom is 0.262 e. The van der Waals surface area contributed by atoms with Crippen molar-refractivity contribution < 1.29 is 18.3 Å². The molecular weight excluding hydrogens is 412 g/mol. The predicted octanol–water partition coefficient (Wildman–Crippen LogP) is 5.39. The topological polar surface area (TPSA) is 45.7 Å². The Kier molecular flexibility index (Phi) is 5.07. The molecule has 0 spiro atoms. The molecule has 0 N–H and O–H groups in total. The van der Waals surface area contributed by atoms with Crippen LogP contribution in [0, 0.1) is 25.5 Å². The first-order chi connectivity index (χ1) is 14.3. The second-order valence-corrected chi connectivity index (χ2v) is 7.38. The quantitative estimate of drug-likeness (QED) is 0.559. The summed E-state index contributed by atoms with van der Waals surface area (Å²) in [5, 5.41) is -0.149. The zero-order chi connectivity index (χ0) is 21.6. The number of anilines is 3. The van der Waals surface area contributed by atoms with Gasteiger partial charge in [-0.1, -0.05) is 11.6 Å². The first kappa shape index (κ1) is 20.1. The van der Waals surface area contributed by atoms with Gasteiger partial charge in [0.2, 0.25) is 5.88 Å². The summed E-state index contributed by atoms with van der Waals surface area (Å²) in [6.07, 6.45) is 0. The van der Waals surface area contributed by atoms with Gasteiger partial charge in [0, 0.05) is 11.8 Å². The number of methoxy groups -OCH3 is 1. The molecular formula is C22H18ClF2N3O2. The van der Waals surface area contributed by atoms with Crippen LogP contribution < -0.4 is 14.5 Å². The van der Waals surface area contributed by atoms with Gasteiger partial charge in [0.1, 0.15) is 18.3 Å². The number of nitrogens with zero attached hydrogens (tertiary/aromatic N) is 3. The second kappa shape index (κ2) is 7.57. The van der Waals surface area contributed by atoms with Crippen LogP contribution in [0.15, 0.2) is 42.5 Å². The molecule has 0 aliphatic carbocycles. The largest absolute Gasteiger partial charge is 0.481 e. The molecule has 0 radical (unpaired) electrons. The fourth-order valence-corrected chi connectivity index (χ4v) is 3.76. The van der Waals surface area contributed by atoms with E-state index in [9.17, 15) is 13.6 Å². The van der Waals surface area contributed by atoms with Gasteiger partial charge in [0.15, 0.2) is 0 Å². The van der Waals surface area contributed by atoms with E-state index in [0.29, 0.717) is 34.2 Å². The Morgan fingerprint density at radius 3 is 2.40 bits per heavy atom. The standard InChI is InChI=1S/C22H18ClF2N3O2/c1-12-8-14(24)4-5-18(12)27-11-28(19-6-7-21(30-3)26-13(19)2)22(29)15-9-16(23)17(25)10-20(15)27/h4-10H,11H2,1-3H3. The SMILES string of the molecule is COc1ccc(N2CN(c3ccc(F)cc3C)c3cc(F)c(Cl)cc3C2=O)c(C)n1. The summed E-state index contributed by atoms with van der Waals surface area (Å²) < 4.78 is 33.1. The van der Waals surface area contributed by atoms with Gasteiger partial charge in [-0.25, -0.2) is 13.8 Å². The zero-order valence-corrected chi connectivity index (χ0v) is 17.3. The minimum Gasteiger partial charge on any atom is -0.481 e. The molecule has 2 aromatic carbocycles. The highest BCUT2D eigenvalue weighted by Crippen LogP contribution is 2.39. The number of carbonyl (C=O) groups excluding carboxylic acids is 1. The number of aromatic nitrogens is 1. The number of rotatable bonds is 3. The van der Waals surface area contributed by atoms with E-state index in [1.165, 1.54) is 36.3 Å². The number of halogens is 3. The number of hydrogen-bond acceptors (Lipinski definition) is 4. The van der Waals surface area contributed by atoms with E-state index in [-0.39, 0.29) is 29.0 Å². The number of pyridine rings is 1. The van der Waals surface area contributed by atoms with Gasteiger partial charge in [0.25, 0.3) is 5.91 Å². The fourth-order valence-electron chi connectivity index (χ4n) is 3.60. The molecule has 30 heavy (non-hydrogen) atoms. The Morgan fingerprint density at radius 2 is 1.73 bits per heavy atom. The highest BCUT2D eigenvalue weighted by molar-refractivity contribution is 6.31. The van der Waals surface area contributed by atoms with Crippen molar-refractivity contribution in [2.75, 3.05) is 23.6 Å². The first-order valence-corrected chi connectivity index (χ1v) is 9.54. The summed E-state index contributed by atoms with van der Waals surface area (Å²) in [4.78, 5) is 20.9. The van der Waals surface area contributed by atoms with Gasteiger partial charge < -0.3 is 9.64 Å². The van der Waals surface area contributed by atoms with E-state index < -0.39 is 5.82 Å². The van der Waals surface area contributed by atoms with Crippen molar-refractivity contribution in [3.8, 4) is 5.88 Å². The van der Waals surface area contributed by atoms with Crippen LogP contribution >= 0.6 is 11.6 Å². The smallest absolute Gasteiger partial charge is 0.262 e. The minimum absolute atomic E-state index is 0.0915. The van der Waals surface area contributed by atoms with Gasteiger partial charge in [-0.3, -0.25) is 9.69 Å². The van der Waals surface area contributed by atoms with Crippen LogP contribution in [0.4, 0.5) is 25.8 Å². The van der Waals surface area contributed by atoms with Crippen molar-refractivity contribution in [1.29, 1.82) is 0 Å². The van der Waals surface area contributed by atoms with Gasteiger partial charge in [0.05, 0.1) is 34.8 Å². The summed E-state index contributed by atoms with van der Waals surface area (Å²) in [6.45, 7) is 3.62. The third-order valence-corrected chi connectivity index (χ3v) is 5.36. The van der Waals surface area contributed by atoms with Crippen molar-refractivity contribution in [3.05, 3.63) is 75.9 Å². The third kappa shape index (κ3) is 3.35. The number of ether oxygens (including phenoxy) is 1. The van der Waals surface area contributed by atoms with E-state index in [4.69, 9.17) is 16.3 Å². The van der Waals surface area contributed by atoms with Crippen LogP contribution in [0.1, 0.15) is 21.6 Å². The normalized spacial score (nSPS) is 13.5. The van der Waals surface area contributed by atoms with Crippen molar-refractivity contribution >= 4 is 34.6 Å². The van der Waals surface area contributed by atoms with Crippen molar-refractivity contribution in [1.82, 2.24) is 4.98 Å². The van der Waals surface area contributed by atoms with Crippen LogP contribution in [-0.2, 0) is 0 Å². The van der Waals surface area contributed by atoms with Crippen molar-refractivity contribution in [2.24, 2.45) is 0 Å². The maximum atomic E-state index is 14.3. The molecule has 0 saturated carbocycles. The highest BCUT2D eigenvalue weighted by Gasteiger charge is 2.33. The molecule has 0 atom stereocenters. The van der Waals surface area contributed by atoms with E-state index in [1.807, 2.05) is 0 Å². The molecule has 1 aromatic heterocycles. The second-order valence-electron chi connectivity index (χ2n) is 6.98. The van der Waals surface area contributed by atoms with Gasteiger partial charge in [-0.15, -0.1) is 0 Å². The monoisotopic (exact) mass is 429 g/mol. The molecule has 0 unspecified atom stereocenters. The van der Waals surface area contributed by atoms with Crippen molar-refractivity contribution in [3.63, 3.8) is 0 Å². The Hall–Kier alpha value is -3.19. The predicted molar refractivity (Wildman–Crippen MR) is 112 cm³/mol. The molecule has 154 valence electrons. The highest BCUT2D eigenvalue weighted by atomic mass is 35.5. The zero-order valence-electron chi connectivity index (χ0n) is 16.5. The van der Waals surface area contributed by atoms with E-state index in [2.05, 4.69) is 4.98 Å². The number of benzene rings is 2. The molecule has 1 aliphatic rings. The molecule has 8 heteroatoms. The average molecular weight is 430 g/mol. The summed E-state index contributed by atoms with van der Waals surface area (Å²) in [6, 6.07) is 10.3. The molecule has 5 nitrogen and oxygen atoms in total. The Bertz CT molecular complexity index is 1170. The third-order valence-electron chi connectivity index (χ3n) is 5.07. The Labute approximate surface area is 177 Å². The lowest BCUT2D eigenvalue weighted by Crippen LogP contribution is -2.45. The van der Waals surface area contributed by atoms with Crippen LogP contribution in [0.25, 0.3) is 0 Å². The van der Waals surface area contributed by atoms with Gasteiger partial charge >= 0.3 is 0 Å². The molecule has 0 bridgehead atoms. The molecule has 0 fully saturated rings. The minimum atomic E-state index is -0.635. The maximum absolute atomic E-state index is 14.3. The lowest BCUT2D eigenvalue weighted by molar-refractivity contribution is 0.0983. The van der Waals surface area contributed by atoms with Crippen LogP contribution in [0.3, 0.4) is 0 Å². The number of carbonyl (C=O) groups is 1. The lowest BCUT2D eigenvalue weighted by atomic mass is 10.0. The average Bonchev–Trinajstić information content (AvgIpc) is 2.71. The summed E-state index contributed by atoms with van der Waals surface area (Å²) in [5.41, 5.74) is 3.08. The molecule has 2 heterocycles. The summed E-state index contributed by atoms with van der Waals surface area (Å²) >= 11 is 5.98. The van der Waals surface area contributed by atoms with Gasteiger partial charge in [-0.2, -0.15) is 0 Å². The van der Waals surface area contributed by atoms with E-state index in [0.717, 1.165) is 0 Å². The summed E-state index contributed by atoms with van der Waals surface area (Å²) in [7, 11) is 1.51. The van der Waals surface area contributed by atoms with Crippen LogP contribution in [0.2, 0.25) is 5.02 Å². The molecule has 1 amide bonds. The molecule has 3 aromatic rings. The van der Waals surface area contributed by atoms with Crippen LogP contribution in [0.5, 0.6) is 5.88 Å². The molecule has 4 rings (SSSR count). The summed E-state index contributed by atoms with van der Waals surface area (Å²) in [5.74, 6) is -0.918. The number of fused-ring (bicyclic) bond motifs is 1. The number of hydrogen-bond donors (Lipinski definition) is 0. The lowest BCUT2D eigenvalue weighted by Gasteiger charge is -2.39. The molecule has 0 saturated heterocycles. The Balaban J connectivity index is 1.90. The molecule has 1 aliphatic heterocycles. The number of amides is 1. The first-order valence-electron chi connectivity index (χ1n) is 9.16. The van der Waals surface area contributed by atoms with Gasteiger partial charge in [-0.05, 0) is 55.8 Å². The van der Waals surface area contributed by atoms with E-state index >= 15 is 0 Å². The Morgan fingerprint density at radius 1 is 1.00 bits per heavy atom.